The summed E-state index contributed by atoms with van der Waals surface area (Å²) < 4.78 is 32.3. The first-order chi connectivity index (χ1) is 14.8. The number of aromatic nitrogens is 2. The van der Waals surface area contributed by atoms with E-state index >= 15 is 0 Å². The number of hydrogen-bond acceptors (Lipinski definition) is 7. The number of H-pyrrole nitrogens is 1. The molecule has 162 valence electrons. The highest BCUT2D eigenvalue weighted by molar-refractivity contribution is 7.99. The van der Waals surface area contributed by atoms with Crippen LogP contribution < -0.4 is 20.3 Å². The minimum absolute atomic E-state index is 0.0288. The standard InChI is InChI=1S/C19H17ClN4O5S2/c1-29-15-8-7-12(20)9-14(15)21-18(26)11-30-19-22-16(10-17(25)23-19)24-31(27,28)13-5-3-2-4-6-13/h2-10H,11H2,1H3,(H,21,26)(H2,22,23,24,25). The van der Waals surface area contributed by atoms with Gasteiger partial charge in [-0.2, -0.15) is 0 Å². The Kier molecular flexibility index (Phi) is 7.21. The minimum Gasteiger partial charge on any atom is -0.495 e. The predicted octanol–water partition coefficient (Wildman–Crippen LogP) is 2.96. The third kappa shape index (κ3) is 6.23. The van der Waals surface area contributed by atoms with Crippen molar-refractivity contribution in [3.05, 3.63) is 70.0 Å². The molecule has 0 aliphatic heterocycles. The normalized spacial score (nSPS) is 11.0. The second-order valence-corrected chi connectivity index (χ2v) is 9.12. The van der Waals surface area contributed by atoms with Crippen molar-refractivity contribution < 1.29 is 17.9 Å². The Hall–Kier alpha value is -3.02. The van der Waals surface area contributed by atoms with Gasteiger partial charge in [0.05, 0.1) is 23.4 Å². The van der Waals surface area contributed by atoms with Crippen LogP contribution in [0.1, 0.15) is 0 Å². The van der Waals surface area contributed by atoms with E-state index < -0.39 is 21.5 Å². The maximum Gasteiger partial charge on any atom is 0.263 e. The summed E-state index contributed by atoms with van der Waals surface area (Å²) in [4.78, 5) is 30.8. The van der Waals surface area contributed by atoms with Crippen LogP contribution in [0.25, 0.3) is 0 Å². The van der Waals surface area contributed by atoms with Crippen LogP contribution in [0.2, 0.25) is 5.02 Å². The topological polar surface area (TPSA) is 130 Å². The van der Waals surface area contributed by atoms with Gasteiger partial charge in [0.2, 0.25) is 5.91 Å². The fourth-order valence-electron chi connectivity index (χ4n) is 2.45. The molecule has 3 aromatic rings. The van der Waals surface area contributed by atoms with Crippen LogP contribution in [-0.2, 0) is 14.8 Å². The average Bonchev–Trinajstić information content (AvgIpc) is 2.72. The number of nitrogens with one attached hydrogen (secondary N) is 3. The molecule has 3 N–H and O–H groups in total. The molecule has 0 saturated carbocycles. The molecule has 1 aromatic heterocycles. The minimum atomic E-state index is -3.91. The zero-order chi connectivity index (χ0) is 22.4. The van der Waals surface area contributed by atoms with E-state index in [1.165, 1.54) is 19.2 Å². The van der Waals surface area contributed by atoms with Crippen LogP contribution in [0.5, 0.6) is 5.75 Å². The molecule has 0 saturated heterocycles. The molecule has 0 bridgehead atoms. The van der Waals surface area contributed by atoms with Gasteiger partial charge >= 0.3 is 0 Å². The van der Waals surface area contributed by atoms with E-state index in [1.807, 2.05) is 0 Å². The third-order valence-corrected chi connectivity index (χ3v) is 6.27. The number of anilines is 2. The average molecular weight is 481 g/mol. The molecule has 31 heavy (non-hydrogen) atoms. The Morgan fingerprint density at radius 2 is 1.94 bits per heavy atom. The van der Waals surface area contributed by atoms with E-state index in [2.05, 4.69) is 20.0 Å². The van der Waals surface area contributed by atoms with Gasteiger partial charge in [0.1, 0.15) is 11.6 Å². The summed E-state index contributed by atoms with van der Waals surface area (Å²) in [5.74, 6) is -0.227. The lowest BCUT2D eigenvalue weighted by Gasteiger charge is -2.11. The number of nitrogens with zero attached hydrogens (tertiary/aromatic N) is 1. The Labute approximate surface area is 187 Å². The van der Waals surface area contributed by atoms with Crippen molar-refractivity contribution >= 4 is 50.8 Å². The molecule has 2 aromatic carbocycles. The molecule has 0 fully saturated rings. The molecule has 1 amide bonds. The van der Waals surface area contributed by atoms with Crippen LogP contribution in [-0.4, -0.2) is 37.2 Å². The maximum absolute atomic E-state index is 12.4. The second kappa shape index (κ2) is 9.86. The summed E-state index contributed by atoms with van der Waals surface area (Å²) in [6.45, 7) is 0. The smallest absolute Gasteiger partial charge is 0.263 e. The van der Waals surface area contributed by atoms with Gasteiger partial charge in [0.15, 0.2) is 5.16 Å². The number of carbonyl (C=O) groups excluding carboxylic acids is 1. The number of halogens is 1. The van der Waals surface area contributed by atoms with Crippen molar-refractivity contribution in [1.82, 2.24) is 9.97 Å². The third-order valence-electron chi connectivity index (χ3n) is 3.79. The molecule has 3 rings (SSSR count). The molecule has 12 heteroatoms. The lowest BCUT2D eigenvalue weighted by Crippen LogP contribution is -2.18. The number of methoxy groups -OCH3 is 1. The van der Waals surface area contributed by atoms with E-state index in [0.717, 1.165) is 17.8 Å². The van der Waals surface area contributed by atoms with Crippen LogP contribution in [0.4, 0.5) is 11.5 Å². The quantitative estimate of drug-likeness (QED) is 0.333. The van der Waals surface area contributed by atoms with Crippen molar-refractivity contribution in [2.45, 2.75) is 10.1 Å². The zero-order valence-electron chi connectivity index (χ0n) is 16.1. The van der Waals surface area contributed by atoms with E-state index in [9.17, 15) is 18.0 Å². The van der Waals surface area contributed by atoms with Gasteiger partial charge in [-0.25, -0.2) is 13.4 Å². The van der Waals surface area contributed by atoms with Gasteiger partial charge in [-0.1, -0.05) is 41.6 Å². The first-order valence-electron chi connectivity index (χ1n) is 8.72. The molecule has 0 aliphatic carbocycles. The van der Waals surface area contributed by atoms with Crippen LogP contribution in [0.3, 0.4) is 0 Å². The van der Waals surface area contributed by atoms with Crippen molar-refractivity contribution in [1.29, 1.82) is 0 Å². The SMILES string of the molecule is COc1ccc(Cl)cc1NC(=O)CSc1nc(NS(=O)(=O)c2ccccc2)cc(=O)[nH]1. The van der Waals surface area contributed by atoms with E-state index in [-0.39, 0.29) is 21.6 Å². The molecule has 0 aliphatic rings. The lowest BCUT2D eigenvalue weighted by molar-refractivity contribution is -0.113. The summed E-state index contributed by atoms with van der Waals surface area (Å²) in [5, 5.41) is 3.16. The monoisotopic (exact) mass is 480 g/mol. The van der Waals surface area contributed by atoms with Crippen molar-refractivity contribution in [3.63, 3.8) is 0 Å². The van der Waals surface area contributed by atoms with Gasteiger partial charge in [-0.3, -0.25) is 14.3 Å². The summed E-state index contributed by atoms with van der Waals surface area (Å²) in [6, 6.07) is 13.5. The van der Waals surface area contributed by atoms with Crippen LogP contribution in [0.15, 0.2) is 69.4 Å². The predicted molar refractivity (Wildman–Crippen MR) is 119 cm³/mol. The molecular formula is C19H17ClN4O5S2. The van der Waals surface area contributed by atoms with Crippen LogP contribution in [0, 0.1) is 0 Å². The Bertz CT molecular complexity index is 1250. The molecule has 1 heterocycles. The fourth-order valence-corrected chi connectivity index (χ4v) is 4.31. The number of aromatic amines is 1. The fraction of sp³-hybridized carbons (Fsp3) is 0.105. The molecule has 9 nitrogen and oxygen atoms in total. The van der Waals surface area contributed by atoms with E-state index in [1.54, 1.807) is 36.4 Å². The molecule has 0 radical (unpaired) electrons. The van der Waals surface area contributed by atoms with Crippen molar-refractivity contribution in [2.75, 3.05) is 22.9 Å². The number of hydrogen-bond donors (Lipinski definition) is 3. The Balaban J connectivity index is 1.69. The summed E-state index contributed by atoms with van der Waals surface area (Å²) in [7, 11) is -2.45. The maximum atomic E-state index is 12.4. The molecular weight excluding hydrogens is 464 g/mol. The molecule has 0 atom stereocenters. The van der Waals surface area contributed by atoms with Crippen molar-refractivity contribution in [3.8, 4) is 5.75 Å². The highest BCUT2D eigenvalue weighted by atomic mass is 35.5. The Morgan fingerprint density at radius 1 is 1.19 bits per heavy atom. The van der Waals surface area contributed by atoms with Gasteiger partial charge in [0, 0.05) is 11.1 Å². The summed E-state index contributed by atoms with van der Waals surface area (Å²) >= 11 is 6.87. The van der Waals surface area contributed by atoms with E-state index in [4.69, 9.17) is 16.3 Å². The van der Waals surface area contributed by atoms with E-state index in [0.29, 0.717) is 16.5 Å². The van der Waals surface area contributed by atoms with Gasteiger partial charge in [-0.15, -0.1) is 0 Å². The number of sulfonamides is 1. The number of rotatable bonds is 8. The highest BCUT2D eigenvalue weighted by Crippen LogP contribution is 2.28. The lowest BCUT2D eigenvalue weighted by atomic mass is 10.3. The largest absolute Gasteiger partial charge is 0.495 e. The molecule has 0 spiro atoms. The van der Waals surface area contributed by atoms with Gasteiger partial charge in [0.25, 0.3) is 15.6 Å². The first-order valence-corrected chi connectivity index (χ1v) is 11.6. The number of ether oxygens (including phenoxy) is 1. The number of carbonyl (C=O) groups is 1. The molecule has 0 unspecified atom stereocenters. The second-order valence-electron chi connectivity index (χ2n) is 6.04. The number of thioether (sulfide) groups is 1. The first kappa shape index (κ1) is 22.7. The van der Waals surface area contributed by atoms with Gasteiger partial charge in [-0.05, 0) is 30.3 Å². The Morgan fingerprint density at radius 3 is 2.65 bits per heavy atom. The zero-order valence-corrected chi connectivity index (χ0v) is 18.5. The number of benzene rings is 2. The summed E-state index contributed by atoms with van der Waals surface area (Å²) in [6.07, 6.45) is 0. The van der Waals surface area contributed by atoms with Crippen LogP contribution >= 0.6 is 23.4 Å². The summed E-state index contributed by atoms with van der Waals surface area (Å²) in [5.41, 5.74) is -0.174. The number of amides is 1. The van der Waals surface area contributed by atoms with Gasteiger partial charge < -0.3 is 15.0 Å². The van der Waals surface area contributed by atoms with Crippen molar-refractivity contribution in [2.24, 2.45) is 0 Å². The highest BCUT2D eigenvalue weighted by Gasteiger charge is 2.16.